The second-order valence-corrected chi connectivity index (χ2v) is 7.40. The molecule has 0 aliphatic carbocycles. The third kappa shape index (κ3) is 3.76. The van der Waals surface area contributed by atoms with Gasteiger partial charge in [0.05, 0.1) is 5.75 Å². The second kappa shape index (κ2) is 7.51. The maximum absolute atomic E-state index is 12.4. The van der Waals surface area contributed by atoms with Crippen LogP contribution in [0.15, 0.2) is 52.1 Å². The second-order valence-electron chi connectivity index (χ2n) is 5.54. The highest BCUT2D eigenvalue weighted by atomic mass is 79.9. The van der Waals surface area contributed by atoms with E-state index in [-0.39, 0.29) is 11.5 Å². The molecule has 0 bridgehead atoms. The predicted molar refractivity (Wildman–Crippen MR) is 102 cm³/mol. The van der Waals surface area contributed by atoms with E-state index in [1.165, 1.54) is 11.8 Å². The molecule has 132 valence electrons. The van der Waals surface area contributed by atoms with Gasteiger partial charge in [0, 0.05) is 15.6 Å². The minimum atomic E-state index is -0.0121. The number of aromatic amines is 1. The van der Waals surface area contributed by atoms with Gasteiger partial charge in [-0.05, 0) is 30.3 Å². The molecule has 0 saturated carbocycles. The average molecular weight is 432 g/mol. The van der Waals surface area contributed by atoms with E-state index in [1.54, 1.807) is 18.2 Å². The molecule has 0 fully saturated rings. The van der Waals surface area contributed by atoms with E-state index in [0.29, 0.717) is 41.3 Å². The fourth-order valence-corrected chi connectivity index (χ4v) is 3.44. The summed E-state index contributed by atoms with van der Waals surface area (Å²) in [4.78, 5) is 16.9. The quantitative estimate of drug-likeness (QED) is 0.486. The highest BCUT2D eigenvalue weighted by Crippen LogP contribution is 2.31. The summed E-state index contributed by atoms with van der Waals surface area (Å²) >= 11 is 4.70. The zero-order chi connectivity index (χ0) is 17.9. The summed E-state index contributed by atoms with van der Waals surface area (Å²) in [5.41, 5.74) is 1.52. The number of ether oxygens (including phenoxy) is 2. The molecule has 6 nitrogen and oxygen atoms in total. The normalized spacial score (nSPS) is 12.8. The van der Waals surface area contributed by atoms with Crippen LogP contribution in [0.3, 0.4) is 0 Å². The Morgan fingerprint density at radius 3 is 2.69 bits per heavy atom. The summed E-state index contributed by atoms with van der Waals surface area (Å²) in [6.07, 6.45) is 0. The molecule has 0 saturated heterocycles. The van der Waals surface area contributed by atoms with Gasteiger partial charge in [0.2, 0.25) is 5.16 Å². The molecule has 1 N–H and O–H groups in total. The number of aromatic nitrogens is 3. The molecule has 1 aliphatic rings. The van der Waals surface area contributed by atoms with E-state index < -0.39 is 0 Å². The molecule has 1 aliphatic heterocycles. The van der Waals surface area contributed by atoms with Crippen molar-refractivity contribution in [2.24, 2.45) is 0 Å². The van der Waals surface area contributed by atoms with Crippen molar-refractivity contribution in [2.45, 2.75) is 5.16 Å². The van der Waals surface area contributed by atoms with E-state index in [2.05, 4.69) is 31.1 Å². The SMILES string of the molecule is O=C(CSc1n[nH]c(-c2ccc(Br)cc2)n1)c1ccc2c(c1)OCCO2. The lowest BCUT2D eigenvalue weighted by molar-refractivity contribution is 0.102. The number of fused-ring (bicyclic) bond motifs is 1. The Morgan fingerprint density at radius 1 is 1.12 bits per heavy atom. The lowest BCUT2D eigenvalue weighted by Gasteiger charge is -2.18. The summed E-state index contributed by atoms with van der Waals surface area (Å²) in [5, 5.41) is 7.61. The summed E-state index contributed by atoms with van der Waals surface area (Å²) in [6, 6.07) is 13.0. The van der Waals surface area contributed by atoms with Crippen molar-refractivity contribution >= 4 is 33.5 Å². The van der Waals surface area contributed by atoms with Gasteiger partial charge >= 0.3 is 0 Å². The van der Waals surface area contributed by atoms with Gasteiger partial charge in [-0.3, -0.25) is 9.89 Å². The minimum Gasteiger partial charge on any atom is -0.486 e. The monoisotopic (exact) mass is 431 g/mol. The number of hydrogen-bond acceptors (Lipinski definition) is 6. The molecule has 2 heterocycles. The molecule has 0 unspecified atom stereocenters. The fraction of sp³-hybridized carbons (Fsp3) is 0.167. The van der Waals surface area contributed by atoms with E-state index in [4.69, 9.17) is 9.47 Å². The van der Waals surface area contributed by atoms with Gasteiger partial charge in [0.15, 0.2) is 23.1 Å². The molecule has 0 spiro atoms. The number of halogens is 1. The number of ketones is 1. The molecule has 26 heavy (non-hydrogen) atoms. The van der Waals surface area contributed by atoms with E-state index in [9.17, 15) is 4.79 Å². The van der Waals surface area contributed by atoms with Crippen molar-refractivity contribution in [3.63, 3.8) is 0 Å². The molecule has 2 aromatic carbocycles. The smallest absolute Gasteiger partial charge is 0.209 e. The van der Waals surface area contributed by atoms with E-state index in [0.717, 1.165) is 10.0 Å². The lowest BCUT2D eigenvalue weighted by Crippen LogP contribution is -2.16. The molecule has 4 rings (SSSR count). The lowest BCUT2D eigenvalue weighted by atomic mass is 10.1. The Bertz CT molecular complexity index is 943. The first-order valence-electron chi connectivity index (χ1n) is 7.93. The third-order valence-electron chi connectivity index (χ3n) is 3.78. The van der Waals surface area contributed by atoms with Gasteiger partial charge in [-0.2, -0.15) is 0 Å². The number of carbonyl (C=O) groups is 1. The van der Waals surface area contributed by atoms with Crippen molar-refractivity contribution in [1.29, 1.82) is 0 Å². The summed E-state index contributed by atoms with van der Waals surface area (Å²) < 4.78 is 12.0. The largest absolute Gasteiger partial charge is 0.486 e. The fourth-order valence-electron chi connectivity index (χ4n) is 2.48. The van der Waals surface area contributed by atoms with Gasteiger partial charge in [-0.15, -0.1) is 5.10 Å². The standard InChI is InChI=1S/C18H14BrN3O3S/c19-13-4-1-11(2-5-13)17-20-18(22-21-17)26-10-14(23)12-3-6-15-16(9-12)25-8-7-24-15/h1-6,9H,7-8,10H2,(H,20,21,22). The number of hydrogen-bond donors (Lipinski definition) is 1. The summed E-state index contributed by atoms with van der Waals surface area (Å²) in [7, 11) is 0. The van der Waals surface area contributed by atoms with Crippen LogP contribution in [0.5, 0.6) is 11.5 Å². The Hall–Kier alpha value is -2.32. The molecule has 0 radical (unpaired) electrons. The maximum atomic E-state index is 12.4. The van der Waals surface area contributed by atoms with Crippen LogP contribution in [0, 0.1) is 0 Å². The molecular formula is C18H14BrN3O3S. The van der Waals surface area contributed by atoms with Crippen LogP contribution in [0.1, 0.15) is 10.4 Å². The highest BCUT2D eigenvalue weighted by Gasteiger charge is 2.16. The first-order chi connectivity index (χ1) is 12.7. The minimum absolute atomic E-state index is 0.0121. The molecular weight excluding hydrogens is 418 g/mol. The van der Waals surface area contributed by atoms with E-state index >= 15 is 0 Å². The Kier molecular flexibility index (Phi) is 4.94. The zero-order valence-corrected chi connectivity index (χ0v) is 16.0. The van der Waals surface area contributed by atoms with Crippen molar-refractivity contribution in [2.75, 3.05) is 19.0 Å². The molecule has 0 amide bonds. The number of benzene rings is 2. The summed E-state index contributed by atoms with van der Waals surface area (Å²) in [5.74, 6) is 2.20. The Labute approximate surface area is 162 Å². The van der Waals surface area contributed by atoms with Crippen LogP contribution in [-0.4, -0.2) is 39.9 Å². The number of nitrogens with zero attached hydrogens (tertiary/aromatic N) is 2. The van der Waals surface area contributed by atoms with Crippen molar-refractivity contribution in [1.82, 2.24) is 15.2 Å². The topological polar surface area (TPSA) is 77.1 Å². The van der Waals surface area contributed by atoms with Crippen molar-refractivity contribution in [3.05, 3.63) is 52.5 Å². The number of nitrogens with one attached hydrogen (secondary N) is 1. The van der Waals surface area contributed by atoms with Crippen LogP contribution < -0.4 is 9.47 Å². The van der Waals surface area contributed by atoms with Crippen LogP contribution in [0.4, 0.5) is 0 Å². The predicted octanol–water partition coefficient (Wildman–Crippen LogP) is 3.98. The maximum Gasteiger partial charge on any atom is 0.209 e. The average Bonchev–Trinajstić information content (AvgIpc) is 3.15. The zero-order valence-electron chi connectivity index (χ0n) is 13.6. The molecule has 3 aromatic rings. The number of thioether (sulfide) groups is 1. The van der Waals surface area contributed by atoms with Gasteiger partial charge in [-0.25, -0.2) is 4.98 Å². The van der Waals surface area contributed by atoms with Crippen molar-refractivity contribution in [3.8, 4) is 22.9 Å². The van der Waals surface area contributed by atoms with Gasteiger partial charge in [0.25, 0.3) is 0 Å². The molecule has 0 atom stereocenters. The Morgan fingerprint density at radius 2 is 1.88 bits per heavy atom. The number of H-pyrrole nitrogens is 1. The van der Waals surface area contributed by atoms with Gasteiger partial charge in [-0.1, -0.05) is 39.8 Å². The van der Waals surface area contributed by atoms with Crippen LogP contribution in [0.2, 0.25) is 0 Å². The molecule has 1 aromatic heterocycles. The highest BCUT2D eigenvalue weighted by molar-refractivity contribution is 9.10. The first kappa shape index (κ1) is 17.1. The Balaban J connectivity index is 1.41. The van der Waals surface area contributed by atoms with E-state index in [1.807, 2.05) is 24.3 Å². The number of carbonyl (C=O) groups excluding carboxylic acids is 1. The van der Waals surface area contributed by atoms with Gasteiger partial charge < -0.3 is 9.47 Å². The van der Waals surface area contributed by atoms with Gasteiger partial charge in [0.1, 0.15) is 13.2 Å². The van der Waals surface area contributed by atoms with Crippen molar-refractivity contribution < 1.29 is 14.3 Å². The summed E-state index contributed by atoms with van der Waals surface area (Å²) in [6.45, 7) is 1.02. The third-order valence-corrected chi connectivity index (χ3v) is 5.16. The number of rotatable bonds is 5. The van der Waals surface area contributed by atoms with Crippen LogP contribution in [-0.2, 0) is 0 Å². The number of Topliss-reactive ketones (excluding diaryl/α,β-unsaturated/α-hetero) is 1. The van der Waals surface area contributed by atoms with Crippen LogP contribution in [0.25, 0.3) is 11.4 Å². The first-order valence-corrected chi connectivity index (χ1v) is 9.71. The molecule has 8 heteroatoms. The van der Waals surface area contributed by atoms with Crippen LogP contribution >= 0.6 is 27.7 Å².